The van der Waals surface area contributed by atoms with Crippen LogP contribution in [0.4, 0.5) is 0 Å². The van der Waals surface area contributed by atoms with Crippen LogP contribution in [-0.2, 0) is 16.1 Å². The van der Waals surface area contributed by atoms with E-state index in [1.165, 1.54) is 6.92 Å². The van der Waals surface area contributed by atoms with E-state index in [1.54, 1.807) is 11.1 Å². The monoisotopic (exact) mass is 326 g/mol. The van der Waals surface area contributed by atoms with Gasteiger partial charge in [0.05, 0.1) is 11.4 Å². The first-order valence-corrected chi connectivity index (χ1v) is 8.14. The van der Waals surface area contributed by atoms with E-state index < -0.39 is 0 Å². The van der Waals surface area contributed by atoms with E-state index in [4.69, 9.17) is 5.73 Å². The lowest BCUT2D eigenvalue weighted by Gasteiger charge is -2.22. The van der Waals surface area contributed by atoms with Crippen molar-refractivity contribution in [2.45, 2.75) is 13.5 Å². The summed E-state index contributed by atoms with van der Waals surface area (Å²) < 4.78 is 0. The second kappa shape index (κ2) is 6.97. The number of primary amides is 1. The molecule has 0 bridgehead atoms. The van der Waals surface area contributed by atoms with Crippen LogP contribution in [0.25, 0.3) is 10.9 Å². The Labute approximate surface area is 141 Å². The number of rotatable bonds is 3. The van der Waals surface area contributed by atoms with Gasteiger partial charge in [-0.05, 0) is 23.8 Å². The third-order valence-corrected chi connectivity index (χ3v) is 4.53. The number of carbonyl (C=O) groups excluding carboxylic acids is 2. The number of fused-ring (bicyclic) bond motifs is 1. The van der Waals surface area contributed by atoms with Gasteiger partial charge in [0.1, 0.15) is 0 Å². The molecular weight excluding hydrogens is 304 g/mol. The van der Waals surface area contributed by atoms with E-state index in [9.17, 15) is 9.59 Å². The maximum Gasteiger partial charge on any atom is 0.223 e. The number of pyridine rings is 1. The number of hydrogen-bond acceptors (Lipinski definition) is 4. The van der Waals surface area contributed by atoms with Crippen LogP contribution in [0.2, 0.25) is 0 Å². The van der Waals surface area contributed by atoms with Crippen LogP contribution in [0.15, 0.2) is 36.5 Å². The second-order valence-corrected chi connectivity index (χ2v) is 6.33. The zero-order valence-corrected chi connectivity index (χ0v) is 13.8. The van der Waals surface area contributed by atoms with Gasteiger partial charge < -0.3 is 10.6 Å². The molecule has 0 radical (unpaired) electrons. The van der Waals surface area contributed by atoms with Gasteiger partial charge in [-0.3, -0.25) is 19.5 Å². The summed E-state index contributed by atoms with van der Waals surface area (Å²) >= 11 is 0. The summed E-state index contributed by atoms with van der Waals surface area (Å²) in [5.41, 5.74) is 7.65. The van der Waals surface area contributed by atoms with Gasteiger partial charge in [-0.25, -0.2) is 0 Å². The van der Waals surface area contributed by atoms with Crippen molar-refractivity contribution in [3.8, 4) is 0 Å². The van der Waals surface area contributed by atoms with Gasteiger partial charge in [-0.15, -0.1) is 0 Å². The van der Waals surface area contributed by atoms with E-state index in [0.717, 1.165) is 29.6 Å². The van der Waals surface area contributed by atoms with E-state index in [1.807, 2.05) is 18.2 Å². The molecule has 126 valence electrons. The van der Waals surface area contributed by atoms with E-state index in [2.05, 4.69) is 22.0 Å². The van der Waals surface area contributed by atoms with Crippen LogP contribution in [0.3, 0.4) is 0 Å². The van der Waals surface area contributed by atoms with Crippen LogP contribution < -0.4 is 5.73 Å². The Morgan fingerprint density at radius 1 is 1.25 bits per heavy atom. The van der Waals surface area contributed by atoms with Crippen molar-refractivity contribution in [2.24, 2.45) is 11.7 Å². The van der Waals surface area contributed by atoms with Crippen LogP contribution >= 0.6 is 0 Å². The molecule has 1 fully saturated rings. The minimum atomic E-state index is -0.351. The third-order valence-electron chi connectivity index (χ3n) is 4.53. The fourth-order valence-electron chi connectivity index (χ4n) is 3.17. The lowest BCUT2D eigenvalue weighted by molar-refractivity contribution is -0.130. The van der Waals surface area contributed by atoms with Gasteiger partial charge in [0.25, 0.3) is 0 Å². The molecule has 1 aliphatic heterocycles. The van der Waals surface area contributed by atoms with Crippen molar-refractivity contribution in [1.82, 2.24) is 14.8 Å². The van der Waals surface area contributed by atoms with Gasteiger partial charge in [-0.2, -0.15) is 0 Å². The molecule has 0 spiro atoms. The molecule has 6 heteroatoms. The van der Waals surface area contributed by atoms with Crippen LogP contribution in [0.1, 0.15) is 12.5 Å². The van der Waals surface area contributed by atoms with Gasteiger partial charge in [-0.1, -0.05) is 12.1 Å². The summed E-state index contributed by atoms with van der Waals surface area (Å²) in [5.74, 6) is -0.700. The zero-order chi connectivity index (χ0) is 17.1. The lowest BCUT2D eigenvalue weighted by Crippen LogP contribution is -2.39. The quantitative estimate of drug-likeness (QED) is 0.912. The molecule has 6 nitrogen and oxygen atoms in total. The number of nitrogens with zero attached hydrogens (tertiary/aromatic N) is 3. The lowest BCUT2D eigenvalue weighted by atomic mass is 10.1. The first kappa shape index (κ1) is 16.4. The fourth-order valence-corrected chi connectivity index (χ4v) is 3.17. The average molecular weight is 326 g/mol. The maximum atomic E-state index is 11.7. The molecule has 1 aromatic heterocycles. The minimum absolute atomic E-state index is 0.0140. The first-order valence-electron chi connectivity index (χ1n) is 8.14. The molecule has 1 aliphatic rings. The summed E-state index contributed by atoms with van der Waals surface area (Å²) in [5, 5.41) is 1.10. The smallest absolute Gasteiger partial charge is 0.223 e. The molecule has 2 amide bonds. The molecule has 2 aromatic rings. The van der Waals surface area contributed by atoms with Crippen molar-refractivity contribution in [3.05, 3.63) is 42.1 Å². The molecule has 1 unspecified atom stereocenters. The van der Waals surface area contributed by atoms with Gasteiger partial charge in [0.15, 0.2) is 0 Å². The van der Waals surface area contributed by atoms with Crippen LogP contribution in [-0.4, -0.2) is 52.8 Å². The Morgan fingerprint density at radius 3 is 2.83 bits per heavy atom. The molecule has 2 N–H and O–H groups in total. The minimum Gasteiger partial charge on any atom is -0.369 e. The SMILES string of the molecule is CC(=O)N1CCN(Cc2ccc3ncccc3c2)CC(C(N)=O)C1. The highest BCUT2D eigenvalue weighted by Gasteiger charge is 2.27. The molecule has 3 rings (SSSR count). The fraction of sp³-hybridized carbons (Fsp3) is 0.389. The Hall–Kier alpha value is -2.47. The van der Waals surface area contributed by atoms with Crippen molar-refractivity contribution >= 4 is 22.7 Å². The molecule has 1 saturated heterocycles. The van der Waals surface area contributed by atoms with Crippen molar-refractivity contribution in [1.29, 1.82) is 0 Å². The summed E-state index contributed by atoms with van der Waals surface area (Å²) in [7, 11) is 0. The zero-order valence-electron chi connectivity index (χ0n) is 13.8. The Morgan fingerprint density at radius 2 is 2.08 bits per heavy atom. The largest absolute Gasteiger partial charge is 0.369 e. The van der Waals surface area contributed by atoms with Gasteiger partial charge in [0.2, 0.25) is 11.8 Å². The number of nitrogens with two attached hydrogens (primary N) is 1. The molecule has 0 aliphatic carbocycles. The van der Waals surface area contributed by atoms with Gasteiger partial charge in [0, 0.05) is 51.2 Å². The summed E-state index contributed by atoms with van der Waals surface area (Å²) in [6.45, 7) is 4.58. The van der Waals surface area contributed by atoms with E-state index >= 15 is 0 Å². The summed E-state index contributed by atoms with van der Waals surface area (Å²) in [4.78, 5) is 31.6. The normalized spacial score (nSPS) is 19.2. The van der Waals surface area contributed by atoms with E-state index in [0.29, 0.717) is 19.6 Å². The number of aromatic nitrogens is 1. The molecule has 1 aromatic carbocycles. The molecule has 24 heavy (non-hydrogen) atoms. The summed E-state index contributed by atoms with van der Waals surface area (Å²) in [6, 6.07) is 10.2. The molecule has 2 heterocycles. The van der Waals surface area contributed by atoms with Crippen molar-refractivity contribution < 1.29 is 9.59 Å². The topological polar surface area (TPSA) is 79.5 Å². The van der Waals surface area contributed by atoms with Crippen LogP contribution in [0.5, 0.6) is 0 Å². The Kier molecular flexibility index (Phi) is 4.76. The summed E-state index contributed by atoms with van der Waals surface area (Å²) in [6.07, 6.45) is 1.78. The van der Waals surface area contributed by atoms with Gasteiger partial charge >= 0.3 is 0 Å². The Balaban J connectivity index is 1.77. The first-order chi connectivity index (χ1) is 11.5. The predicted octanol–water partition coefficient (Wildman–Crippen LogP) is 1.00. The second-order valence-electron chi connectivity index (χ2n) is 6.33. The average Bonchev–Trinajstić information content (AvgIpc) is 2.78. The number of benzene rings is 1. The third kappa shape index (κ3) is 3.71. The highest BCUT2D eigenvalue weighted by Crippen LogP contribution is 2.17. The van der Waals surface area contributed by atoms with E-state index in [-0.39, 0.29) is 17.7 Å². The highest BCUT2D eigenvalue weighted by molar-refractivity contribution is 5.79. The standard InChI is InChI=1S/C18H22N4O2/c1-13(23)22-8-7-21(11-16(12-22)18(19)24)10-14-4-5-17-15(9-14)3-2-6-20-17/h2-6,9,16H,7-8,10-12H2,1H3,(H2,19,24). The molecule has 1 atom stereocenters. The molecular formula is C18H22N4O2. The van der Waals surface area contributed by atoms with Crippen LogP contribution in [0, 0.1) is 5.92 Å². The maximum absolute atomic E-state index is 11.7. The van der Waals surface area contributed by atoms with Crippen molar-refractivity contribution in [3.63, 3.8) is 0 Å². The molecule has 0 saturated carbocycles. The number of carbonyl (C=O) groups is 2. The number of hydrogen-bond donors (Lipinski definition) is 1. The highest BCUT2D eigenvalue weighted by atomic mass is 16.2. The number of amides is 2. The Bertz CT molecular complexity index is 762. The predicted molar refractivity (Wildman–Crippen MR) is 92.0 cm³/mol. The van der Waals surface area contributed by atoms with Crippen molar-refractivity contribution in [2.75, 3.05) is 26.2 Å².